The van der Waals surface area contributed by atoms with Crippen molar-refractivity contribution >= 4 is 0 Å². The molecule has 1 saturated carbocycles. The van der Waals surface area contributed by atoms with Crippen molar-refractivity contribution in [2.45, 2.75) is 64.1 Å². The molecular weight excluding hydrogens is 250 g/mol. The minimum Gasteiger partial charge on any atom is -0.383 e. The Kier molecular flexibility index (Phi) is 7.05. The molecule has 1 saturated heterocycles. The van der Waals surface area contributed by atoms with Gasteiger partial charge in [0.2, 0.25) is 0 Å². The SMILES string of the molecule is COCCNC/C(=C/C1CCC(C)O1)C1CCCCC1. The molecule has 0 radical (unpaired) electrons. The molecule has 1 heterocycles. The first-order valence-corrected chi connectivity index (χ1v) is 8.35. The van der Waals surface area contributed by atoms with Crippen LogP contribution in [0.15, 0.2) is 11.6 Å². The lowest BCUT2D eigenvalue weighted by molar-refractivity contribution is 0.0823. The molecule has 0 aromatic heterocycles. The van der Waals surface area contributed by atoms with Gasteiger partial charge in [0.05, 0.1) is 18.8 Å². The number of nitrogens with one attached hydrogen (secondary N) is 1. The van der Waals surface area contributed by atoms with Crippen molar-refractivity contribution in [3.05, 3.63) is 11.6 Å². The normalized spacial score (nSPS) is 29.0. The van der Waals surface area contributed by atoms with Crippen LogP contribution in [0.1, 0.15) is 51.9 Å². The monoisotopic (exact) mass is 281 g/mol. The minimum atomic E-state index is 0.353. The van der Waals surface area contributed by atoms with E-state index in [1.807, 2.05) is 0 Å². The van der Waals surface area contributed by atoms with Crippen LogP contribution in [0.4, 0.5) is 0 Å². The van der Waals surface area contributed by atoms with Crippen LogP contribution in [0.2, 0.25) is 0 Å². The Morgan fingerprint density at radius 3 is 2.65 bits per heavy atom. The minimum absolute atomic E-state index is 0.353. The fourth-order valence-electron chi connectivity index (χ4n) is 3.41. The molecule has 2 fully saturated rings. The summed E-state index contributed by atoms with van der Waals surface area (Å²) in [5.41, 5.74) is 1.58. The topological polar surface area (TPSA) is 30.5 Å². The van der Waals surface area contributed by atoms with Gasteiger partial charge in [-0.05, 0) is 38.5 Å². The van der Waals surface area contributed by atoms with Crippen molar-refractivity contribution in [2.75, 3.05) is 26.8 Å². The summed E-state index contributed by atoms with van der Waals surface area (Å²) in [7, 11) is 1.76. The molecule has 0 amide bonds. The molecule has 0 spiro atoms. The van der Waals surface area contributed by atoms with Crippen molar-refractivity contribution in [2.24, 2.45) is 5.92 Å². The van der Waals surface area contributed by atoms with E-state index >= 15 is 0 Å². The highest BCUT2D eigenvalue weighted by atomic mass is 16.5. The zero-order valence-corrected chi connectivity index (χ0v) is 13.2. The fourth-order valence-corrected chi connectivity index (χ4v) is 3.41. The second-order valence-electron chi connectivity index (χ2n) is 6.31. The predicted octanol–water partition coefficient (Wildman–Crippen LogP) is 3.30. The highest BCUT2D eigenvalue weighted by Crippen LogP contribution is 2.31. The van der Waals surface area contributed by atoms with Crippen molar-refractivity contribution in [3.8, 4) is 0 Å². The van der Waals surface area contributed by atoms with E-state index in [1.165, 1.54) is 44.9 Å². The van der Waals surface area contributed by atoms with Crippen LogP contribution < -0.4 is 5.32 Å². The zero-order valence-electron chi connectivity index (χ0n) is 13.2. The van der Waals surface area contributed by atoms with E-state index in [4.69, 9.17) is 9.47 Å². The second-order valence-corrected chi connectivity index (χ2v) is 6.31. The zero-order chi connectivity index (χ0) is 14.2. The third kappa shape index (κ3) is 5.19. The molecule has 2 aliphatic rings. The van der Waals surface area contributed by atoms with E-state index in [0.717, 1.165) is 25.6 Å². The van der Waals surface area contributed by atoms with Gasteiger partial charge in [-0.15, -0.1) is 0 Å². The van der Waals surface area contributed by atoms with Crippen LogP contribution in [0.3, 0.4) is 0 Å². The molecule has 0 bridgehead atoms. The van der Waals surface area contributed by atoms with Crippen LogP contribution in [0, 0.1) is 5.92 Å². The van der Waals surface area contributed by atoms with Crippen molar-refractivity contribution in [1.82, 2.24) is 5.32 Å². The predicted molar refractivity (Wildman–Crippen MR) is 83.0 cm³/mol. The average Bonchev–Trinajstić information content (AvgIpc) is 2.88. The van der Waals surface area contributed by atoms with Crippen LogP contribution in [0.25, 0.3) is 0 Å². The largest absolute Gasteiger partial charge is 0.383 e. The molecular formula is C17H31NO2. The fraction of sp³-hybridized carbons (Fsp3) is 0.882. The van der Waals surface area contributed by atoms with E-state index in [9.17, 15) is 0 Å². The van der Waals surface area contributed by atoms with E-state index in [0.29, 0.717) is 12.2 Å². The molecule has 2 rings (SSSR count). The smallest absolute Gasteiger partial charge is 0.0763 e. The highest BCUT2D eigenvalue weighted by Gasteiger charge is 2.23. The maximum atomic E-state index is 5.98. The second kappa shape index (κ2) is 8.81. The Labute approximate surface area is 124 Å². The van der Waals surface area contributed by atoms with Crippen LogP contribution in [-0.4, -0.2) is 39.0 Å². The summed E-state index contributed by atoms with van der Waals surface area (Å²) in [6.07, 6.45) is 12.5. The van der Waals surface area contributed by atoms with Gasteiger partial charge in [0.1, 0.15) is 0 Å². The van der Waals surface area contributed by atoms with Crippen LogP contribution >= 0.6 is 0 Å². The molecule has 1 aliphatic heterocycles. The van der Waals surface area contributed by atoms with Gasteiger partial charge in [0.25, 0.3) is 0 Å². The van der Waals surface area contributed by atoms with E-state index < -0.39 is 0 Å². The molecule has 0 aromatic rings. The summed E-state index contributed by atoms with van der Waals surface area (Å²) in [5, 5.41) is 3.52. The molecule has 3 nitrogen and oxygen atoms in total. The number of hydrogen-bond acceptors (Lipinski definition) is 3. The number of hydrogen-bond donors (Lipinski definition) is 1. The lowest BCUT2D eigenvalue weighted by Crippen LogP contribution is -2.26. The van der Waals surface area contributed by atoms with Crippen LogP contribution in [0.5, 0.6) is 0 Å². The Hall–Kier alpha value is -0.380. The van der Waals surface area contributed by atoms with E-state index in [1.54, 1.807) is 12.7 Å². The summed E-state index contributed by atoms with van der Waals surface area (Å²) in [6, 6.07) is 0. The first-order valence-electron chi connectivity index (χ1n) is 8.35. The van der Waals surface area contributed by atoms with Gasteiger partial charge >= 0.3 is 0 Å². The molecule has 116 valence electrons. The van der Waals surface area contributed by atoms with Gasteiger partial charge in [0, 0.05) is 20.2 Å². The van der Waals surface area contributed by atoms with Crippen LogP contribution in [-0.2, 0) is 9.47 Å². The summed E-state index contributed by atoms with van der Waals surface area (Å²) >= 11 is 0. The van der Waals surface area contributed by atoms with Gasteiger partial charge in [-0.25, -0.2) is 0 Å². The molecule has 2 unspecified atom stereocenters. The Balaban J connectivity index is 1.89. The molecule has 3 heteroatoms. The summed E-state index contributed by atoms with van der Waals surface area (Å²) in [5.74, 6) is 0.776. The molecule has 1 N–H and O–H groups in total. The number of methoxy groups -OCH3 is 1. The molecule has 20 heavy (non-hydrogen) atoms. The Morgan fingerprint density at radius 2 is 2.00 bits per heavy atom. The first-order chi connectivity index (χ1) is 9.79. The standard InChI is InChI=1S/C17H31NO2/c1-14-8-9-17(20-14)12-16(13-18-10-11-19-2)15-6-4-3-5-7-15/h12,14-15,17-18H,3-11,13H2,1-2H3/b16-12-. The van der Waals surface area contributed by atoms with Gasteiger partial charge in [-0.2, -0.15) is 0 Å². The van der Waals surface area contributed by atoms with Gasteiger partial charge in [0.15, 0.2) is 0 Å². The number of rotatable bonds is 7. The maximum Gasteiger partial charge on any atom is 0.0763 e. The van der Waals surface area contributed by atoms with Gasteiger partial charge < -0.3 is 14.8 Å². The lowest BCUT2D eigenvalue weighted by Gasteiger charge is -2.26. The Morgan fingerprint density at radius 1 is 1.20 bits per heavy atom. The van der Waals surface area contributed by atoms with Crippen molar-refractivity contribution in [3.63, 3.8) is 0 Å². The van der Waals surface area contributed by atoms with Crippen molar-refractivity contribution in [1.29, 1.82) is 0 Å². The van der Waals surface area contributed by atoms with E-state index in [-0.39, 0.29) is 0 Å². The van der Waals surface area contributed by atoms with E-state index in [2.05, 4.69) is 18.3 Å². The third-order valence-electron chi connectivity index (χ3n) is 4.61. The summed E-state index contributed by atoms with van der Waals surface area (Å²) < 4.78 is 11.1. The Bertz CT molecular complexity index is 297. The maximum absolute atomic E-state index is 5.98. The first kappa shape index (κ1) is 16.0. The highest BCUT2D eigenvalue weighted by molar-refractivity contribution is 5.13. The van der Waals surface area contributed by atoms with Gasteiger partial charge in [-0.3, -0.25) is 0 Å². The quantitative estimate of drug-likeness (QED) is 0.574. The lowest BCUT2D eigenvalue weighted by atomic mass is 9.83. The molecule has 1 aliphatic carbocycles. The summed E-state index contributed by atoms with van der Waals surface area (Å²) in [4.78, 5) is 0. The van der Waals surface area contributed by atoms with Gasteiger partial charge in [-0.1, -0.05) is 30.9 Å². The molecule has 0 aromatic carbocycles. The summed E-state index contributed by atoms with van der Waals surface area (Å²) in [6.45, 7) is 4.91. The number of ether oxygens (including phenoxy) is 2. The average molecular weight is 281 g/mol. The van der Waals surface area contributed by atoms with Crippen molar-refractivity contribution < 1.29 is 9.47 Å². The molecule has 2 atom stereocenters. The third-order valence-corrected chi connectivity index (χ3v) is 4.61.